The summed E-state index contributed by atoms with van der Waals surface area (Å²) in [6, 6.07) is 10.4. The highest BCUT2D eigenvalue weighted by atomic mass is 35.5. The Balaban J connectivity index is 2.04. The quantitative estimate of drug-likeness (QED) is 0.590. The number of esters is 1. The SMILES string of the molecule is COc1cc(OC)c(OC)cc1/C=C1/N=C(c2ccccc2Cl)OC1=O. The van der Waals surface area contributed by atoms with E-state index in [1.54, 1.807) is 42.5 Å². The molecule has 0 radical (unpaired) electrons. The first-order chi connectivity index (χ1) is 12.6. The molecule has 0 aliphatic carbocycles. The van der Waals surface area contributed by atoms with Crippen LogP contribution in [0, 0.1) is 0 Å². The molecule has 1 aliphatic rings. The average molecular weight is 374 g/mol. The fourth-order valence-electron chi connectivity index (χ4n) is 2.47. The Hall–Kier alpha value is -2.99. The molecular formula is C19H16ClNO5. The lowest BCUT2D eigenvalue weighted by molar-refractivity contribution is -0.129. The van der Waals surface area contributed by atoms with Crippen molar-refractivity contribution >= 4 is 29.5 Å². The zero-order valence-corrected chi connectivity index (χ0v) is 15.2. The molecule has 3 rings (SSSR count). The molecule has 1 heterocycles. The van der Waals surface area contributed by atoms with Crippen molar-refractivity contribution in [2.45, 2.75) is 0 Å². The number of aliphatic imine (C=N–C) groups is 1. The summed E-state index contributed by atoms with van der Waals surface area (Å²) in [6.07, 6.45) is 1.56. The zero-order chi connectivity index (χ0) is 18.7. The van der Waals surface area contributed by atoms with Crippen molar-refractivity contribution in [2.24, 2.45) is 4.99 Å². The molecule has 0 amide bonds. The normalized spacial score (nSPS) is 14.8. The monoisotopic (exact) mass is 373 g/mol. The fraction of sp³-hybridized carbons (Fsp3) is 0.158. The summed E-state index contributed by atoms with van der Waals surface area (Å²) < 4.78 is 21.2. The summed E-state index contributed by atoms with van der Waals surface area (Å²) in [5.41, 5.74) is 1.27. The molecule has 0 aromatic heterocycles. The van der Waals surface area contributed by atoms with Crippen LogP contribution in [0.1, 0.15) is 11.1 Å². The molecule has 6 nitrogen and oxygen atoms in total. The van der Waals surface area contributed by atoms with Crippen molar-refractivity contribution in [3.63, 3.8) is 0 Å². The third-order valence-corrected chi connectivity index (χ3v) is 4.08. The fourth-order valence-corrected chi connectivity index (χ4v) is 2.69. The molecule has 0 saturated carbocycles. The Bertz CT molecular complexity index is 920. The molecule has 0 spiro atoms. The van der Waals surface area contributed by atoms with Gasteiger partial charge < -0.3 is 18.9 Å². The number of benzene rings is 2. The number of nitrogens with zero attached hydrogens (tertiary/aromatic N) is 1. The number of ether oxygens (including phenoxy) is 4. The third-order valence-electron chi connectivity index (χ3n) is 3.75. The van der Waals surface area contributed by atoms with Crippen molar-refractivity contribution in [2.75, 3.05) is 21.3 Å². The summed E-state index contributed by atoms with van der Waals surface area (Å²) in [7, 11) is 4.58. The smallest absolute Gasteiger partial charge is 0.363 e. The molecule has 1 aliphatic heterocycles. The molecule has 134 valence electrons. The third kappa shape index (κ3) is 3.36. The Kier molecular flexibility index (Phi) is 5.14. The standard InChI is InChI=1S/C19H16ClNO5/c1-23-15-10-17(25-3)16(24-2)9-11(15)8-14-19(22)26-18(21-14)12-6-4-5-7-13(12)20/h4-10H,1-3H3/b14-8+. The number of hydrogen-bond acceptors (Lipinski definition) is 6. The van der Waals surface area contributed by atoms with Gasteiger partial charge >= 0.3 is 5.97 Å². The van der Waals surface area contributed by atoms with Gasteiger partial charge in [-0.25, -0.2) is 9.79 Å². The van der Waals surface area contributed by atoms with Crippen molar-refractivity contribution in [1.29, 1.82) is 0 Å². The van der Waals surface area contributed by atoms with E-state index in [1.165, 1.54) is 21.3 Å². The van der Waals surface area contributed by atoms with Gasteiger partial charge in [0, 0.05) is 11.6 Å². The van der Waals surface area contributed by atoms with Crippen molar-refractivity contribution in [1.82, 2.24) is 0 Å². The zero-order valence-electron chi connectivity index (χ0n) is 14.4. The lowest BCUT2D eigenvalue weighted by Crippen LogP contribution is -2.05. The lowest BCUT2D eigenvalue weighted by Gasteiger charge is -2.12. The van der Waals surface area contributed by atoms with Gasteiger partial charge in [0.2, 0.25) is 5.90 Å². The summed E-state index contributed by atoms with van der Waals surface area (Å²) in [5.74, 6) is 1.11. The van der Waals surface area contributed by atoms with Crippen LogP contribution in [-0.2, 0) is 9.53 Å². The van der Waals surface area contributed by atoms with Crippen LogP contribution in [0.2, 0.25) is 5.02 Å². The molecule has 26 heavy (non-hydrogen) atoms. The molecule has 0 N–H and O–H groups in total. The van der Waals surface area contributed by atoms with E-state index in [2.05, 4.69) is 4.99 Å². The number of cyclic esters (lactones) is 1. The van der Waals surface area contributed by atoms with E-state index in [0.29, 0.717) is 33.4 Å². The second kappa shape index (κ2) is 7.49. The summed E-state index contributed by atoms with van der Waals surface area (Å²) in [5, 5.41) is 0.448. The van der Waals surface area contributed by atoms with Crippen LogP contribution in [0.3, 0.4) is 0 Å². The first kappa shape index (κ1) is 17.8. The minimum atomic E-state index is -0.572. The Labute approximate surface area is 155 Å². The molecule has 0 bridgehead atoms. The summed E-state index contributed by atoms with van der Waals surface area (Å²) in [6.45, 7) is 0. The molecule has 0 atom stereocenters. The summed E-state index contributed by atoms with van der Waals surface area (Å²) in [4.78, 5) is 16.5. The van der Waals surface area contributed by atoms with E-state index in [-0.39, 0.29) is 11.6 Å². The van der Waals surface area contributed by atoms with Crippen LogP contribution in [0.15, 0.2) is 47.1 Å². The topological polar surface area (TPSA) is 66.3 Å². The van der Waals surface area contributed by atoms with E-state index in [1.807, 2.05) is 0 Å². The van der Waals surface area contributed by atoms with Gasteiger partial charge in [0.25, 0.3) is 0 Å². The number of hydrogen-bond donors (Lipinski definition) is 0. The maximum atomic E-state index is 12.2. The predicted octanol–water partition coefficient (Wildman–Crippen LogP) is 3.71. The van der Waals surface area contributed by atoms with Gasteiger partial charge in [0.15, 0.2) is 17.2 Å². The van der Waals surface area contributed by atoms with E-state index in [9.17, 15) is 4.79 Å². The molecule has 2 aromatic rings. The summed E-state index contributed by atoms with van der Waals surface area (Å²) >= 11 is 6.14. The molecule has 7 heteroatoms. The van der Waals surface area contributed by atoms with Crippen LogP contribution in [0.25, 0.3) is 6.08 Å². The van der Waals surface area contributed by atoms with Crippen LogP contribution in [0.5, 0.6) is 17.2 Å². The minimum Gasteiger partial charge on any atom is -0.496 e. The number of rotatable bonds is 5. The molecule has 0 unspecified atom stereocenters. The second-order valence-electron chi connectivity index (χ2n) is 5.27. The van der Waals surface area contributed by atoms with Crippen LogP contribution >= 0.6 is 11.6 Å². The highest BCUT2D eigenvalue weighted by molar-refractivity contribution is 6.34. The molecule has 0 fully saturated rings. The highest BCUT2D eigenvalue weighted by Crippen LogP contribution is 2.36. The Morgan fingerprint density at radius 3 is 2.31 bits per heavy atom. The second-order valence-corrected chi connectivity index (χ2v) is 5.67. The highest BCUT2D eigenvalue weighted by Gasteiger charge is 2.26. The minimum absolute atomic E-state index is 0.130. The predicted molar refractivity (Wildman–Crippen MR) is 98.2 cm³/mol. The van der Waals surface area contributed by atoms with Crippen molar-refractivity contribution in [3.05, 3.63) is 58.2 Å². The maximum absolute atomic E-state index is 12.2. The van der Waals surface area contributed by atoms with Crippen molar-refractivity contribution in [3.8, 4) is 17.2 Å². The number of methoxy groups -OCH3 is 3. The van der Waals surface area contributed by atoms with Gasteiger partial charge in [-0.1, -0.05) is 23.7 Å². The first-order valence-electron chi connectivity index (χ1n) is 7.65. The van der Waals surface area contributed by atoms with E-state index in [4.69, 9.17) is 30.5 Å². The maximum Gasteiger partial charge on any atom is 0.363 e. The Morgan fingerprint density at radius 1 is 1.00 bits per heavy atom. The van der Waals surface area contributed by atoms with Crippen LogP contribution in [-0.4, -0.2) is 33.2 Å². The van der Waals surface area contributed by atoms with Crippen LogP contribution < -0.4 is 14.2 Å². The van der Waals surface area contributed by atoms with E-state index < -0.39 is 5.97 Å². The first-order valence-corrected chi connectivity index (χ1v) is 8.02. The number of carbonyl (C=O) groups excluding carboxylic acids is 1. The molecular weight excluding hydrogens is 358 g/mol. The Morgan fingerprint density at radius 2 is 1.65 bits per heavy atom. The molecule has 2 aromatic carbocycles. The average Bonchev–Trinajstić information content (AvgIpc) is 3.01. The van der Waals surface area contributed by atoms with Crippen molar-refractivity contribution < 1.29 is 23.7 Å². The number of halogens is 1. The van der Waals surface area contributed by atoms with E-state index >= 15 is 0 Å². The van der Waals surface area contributed by atoms with Gasteiger partial charge in [-0.2, -0.15) is 0 Å². The van der Waals surface area contributed by atoms with Gasteiger partial charge in [0.1, 0.15) is 5.75 Å². The van der Waals surface area contributed by atoms with Crippen LogP contribution in [0.4, 0.5) is 0 Å². The van der Waals surface area contributed by atoms with E-state index in [0.717, 1.165) is 0 Å². The molecule has 0 saturated heterocycles. The number of carbonyl (C=O) groups is 1. The van der Waals surface area contributed by atoms with Gasteiger partial charge in [-0.05, 0) is 24.3 Å². The lowest BCUT2D eigenvalue weighted by atomic mass is 10.1. The largest absolute Gasteiger partial charge is 0.496 e. The van der Waals surface area contributed by atoms with Gasteiger partial charge in [-0.15, -0.1) is 0 Å². The van der Waals surface area contributed by atoms with Gasteiger partial charge in [0.05, 0.1) is 31.9 Å². The van der Waals surface area contributed by atoms with Gasteiger partial charge in [-0.3, -0.25) is 0 Å².